The van der Waals surface area contributed by atoms with Crippen molar-refractivity contribution in [1.82, 2.24) is 0 Å². The third-order valence-corrected chi connectivity index (χ3v) is 4.91. The van der Waals surface area contributed by atoms with Gasteiger partial charge in [0.1, 0.15) is 11.6 Å². The van der Waals surface area contributed by atoms with E-state index in [9.17, 15) is 4.79 Å². The molecule has 3 nitrogen and oxygen atoms in total. The molecule has 0 aliphatic heterocycles. The Morgan fingerprint density at radius 1 is 1.08 bits per heavy atom. The molecule has 130 valence electrons. The Balaban J connectivity index is 2.23. The molecule has 0 amide bonds. The fraction of sp³-hybridized carbons (Fsp3) is 0.500. The smallest absolute Gasteiger partial charge is 0.346 e. The van der Waals surface area contributed by atoms with Crippen LogP contribution in [-0.4, -0.2) is 16.8 Å². The highest BCUT2D eigenvalue weighted by atomic mass is 32.2. The number of nitriles is 1. The zero-order chi connectivity index (χ0) is 17.6. The second kappa shape index (κ2) is 12.7. The number of carboxylic acid groups (broad SMARTS) is 1. The molecule has 0 atom stereocenters. The second-order valence-electron chi connectivity index (χ2n) is 5.87. The fourth-order valence-electron chi connectivity index (χ4n) is 2.39. The van der Waals surface area contributed by atoms with Crippen molar-refractivity contribution < 1.29 is 9.90 Å². The molecule has 4 heteroatoms. The Bertz CT molecular complexity index is 558. The van der Waals surface area contributed by atoms with Crippen molar-refractivity contribution in [3.8, 4) is 6.07 Å². The molecule has 0 aromatic heterocycles. The summed E-state index contributed by atoms with van der Waals surface area (Å²) in [6, 6.07) is 9.37. The average molecular weight is 346 g/mol. The van der Waals surface area contributed by atoms with E-state index in [0.717, 1.165) is 11.3 Å². The van der Waals surface area contributed by atoms with E-state index < -0.39 is 5.97 Å². The minimum Gasteiger partial charge on any atom is -0.477 e. The highest BCUT2D eigenvalue weighted by Crippen LogP contribution is 2.21. The van der Waals surface area contributed by atoms with Crippen LogP contribution >= 0.6 is 11.8 Å². The lowest BCUT2D eigenvalue weighted by Crippen LogP contribution is -1.97. The van der Waals surface area contributed by atoms with E-state index in [1.54, 1.807) is 6.07 Å². The van der Waals surface area contributed by atoms with E-state index in [2.05, 4.69) is 6.92 Å². The summed E-state index contributed by atoms with van der Waals surface area (Å²) in [6.45, 7) is 2.24. The maximum atomic E-state index is 10.8. The quantitative estimate of drug-likeness (QED) is 0.221. The number of rotatable bonds is 12. The van der Waals surface area contributed by atoms with Gasteiger partial charge in [-0.15, -0.1) is 11.8 Å². The molecule has 1 N–H and O–H groups in total. The fourth-order valence-corrected chi connectivity index (χ4v) is 3.31. The predicted octanol–water partition coefficient (Wildman–Crippen LogP) is 5.91. The van der Waals surface area contributed by atoms with Gasteiger partial charge in [0.2, 0.25) is 0 Å². The minimum atomic E-state index is -1.19. The number of unbranched alkanes of at least 4 members (excludes halogenated alkanes) is 7. The first-order valence-corrected chi connectivity index (χ1v) is 9.74. The van der Waals surface area contributed by atoms with Gasteiger partial charge in [0.25, 0.3) is 0 Å². The highest BCUT2D eigenvalue weighted by molar-refractivity contribution is 7.99. The summed E-state index contributed by atoms with van der Waals surface area (Å²) in [4.78, 5) is 12.0. The van der Waals surface area contributed by atoms with Gasteiger partial charge in [-0.1, -0.05) is 64.0 Å². The van der Waals surface area contributed by atoms with Crippen molar-refractivity contribution in [1.29, 1.82) is 5.26 Å². The lowest BCUT2D eigenvalue weighted by Gasteiger charge is -2.03. The van der Waals surface area contributed by atoms with Crippen molar-refractivity contribution >= 4 is 23.8 Å². The van der Waals surface area contributed by atoms with E-state index in [-0.39, 0.29) is 5.57 Å². The molecule has 0 unspecified atom stereocenters. The molecule has 0 radical (unpaired) electrons. The topological polar surface area (TPSA) is 61.1 Å². The first kappa shape index (κ1) is 20.3. The van der Waals surface area contributed by atoms with Crippen LogP contribution < -0.4 is 0 Å². The molecule has 0 aliphatic rings. The van der Waals surface area contributed by atoms with Crippen molar-refractivity contribution in [3.63, 3.8) is 0 Å². The Kier molecular flexibility index (Phi) is 10.7. The van der Waals surface area contributed by atoms with Gasteiger partial charge < -0.3 is 5.11 Å². The van der Waals surface area contributed by atoms with Crippen LogP contribution in [0.4, 0.5) is 0 Å². The van der Waals surface area contributed by atoms with Gasteiger partial charge in [-0.05, 0) is 35.9 Å². The molecule has 0 heterocycles. The molecule has 0 spiro atoms. The molecular formula is C20H27NO2S. The Morgan fingerprint density at radius 3 is 2.21 bits per heavy atom. The van der Waals surface area contributed by atoms with Crippen LogP contribution in [0.3, 0.4) is 0 Å². The third kappa shape index (κ3) is 8.79. The van der Waals surface area contributed by atoms with E-state index >= 15 is 0 Å². The Morgan fingerprint density at radius 2 is 1.67 bits per heavy atom. The van der Waals surface area contributed by atoms with E-state index in [4.69, 9.17) is 10.4 Å². The first-order chi connectivity index (χ1) is 11.7. The predicted molar refractivity (Wildman–Crippen MR) is 101 cm³/mol. The number of thioether (sulfide) groups is 1. The van der Waals surface area contributed by atoms with Crippen LogP contribution in [0.25, 0.3) is 6.08 Å². The van der Waals surface area contributed by atoms with Crippen molar-refractivity contribution in [2.45, 2.75) is 63.2 Å². The van der Waals surface area contributed by atoms with Crippen LogP contribution in [0.2, 0.25) is 0 Å². The molecule has 0 fully saturated rings. The monoisotopic (exact) mass is 345 g/mol. The summed E-state index contributed by atoms with van der Waals surface area (Å²) >= 11 is 1.83. The standard InChI is InChI=1S/C20H27NO2S/c1-2-3-4-5-6-7-8-9-14-24-19-12-10-17(11-13-19)15-18(16-21)20(22)23/h10-13,15H,2-9,14H2,1H3,(H,22,23). The first-order valence-electron chi connectivity index (χ1n) is 8.75. The molecule has 1 aromatic rings. The molecule has 1 rings (SSSR count). The molecule has 1 aromatic carbocycles. The van der Waals surface area contributed by atoms with Crippen molar-refractivity contribution in [2.24, 2.45) is 0 Å². The molecule has 0 saturated carbocycles. The average Bonchev–Trinajstić information content (AvgIpc) is 2.59. The van der Waals surface area contributed by atoms with Crippen LogP contribution in [0.15, 0.2) is 34.7 Å². The second-order valence-corrected chi connectivity index (χ2v) is 7.04. The lowest BCUT2D eigenvalue weighted by atomic mass is 10.1. The number of carbonyl (C=O) groups is 1. The van der Waals surface area contributed by atoms with Gasteiger partial charge in [0.15, 0.2) is 0 Å². The van der Waals surface area contributed by atoms with Gasteiger partial charge >= 0.3 is 5.97 Å². The summed E-state index contributed by atoms with van der Waals surface area (Å²) < 4.78 is 0. The largest absolute Gasteiger partial charge is 0.477 e. The molecule has 0 bridgehead atoms. The molecule has 24 heavy (non-hydrogen) atoms. The number of carboxylic acids is 1. The third-order valence-electron chi connectivity index (χ3n) is 3.81. The summed E-state index contributed by atoms with van der Waals surface area (Å²) in [5, 5.41) is 17.6. The SMILES string of the molecule is CCCCCCCCCCSc1ccc(C=C(C#N)C(=O)O)cc1. The van der Waals surface area contributed by atoms with Crippen molar-refractivity contribution in [2.75, 3.05) is 5.75 Å². The van der Waals surface area contributed by atoms with E-state index in [1.807, 2.05) is 36.0 Å². The summed E-state index contributed by atoms with van der Waals surface area (Å²) in [5.74, 6) is -0.0754. The Hall–Kier alpha value is -1.73. The minimum absolute atomic E-state index is 0.241. The zero-order valence-electron chi connectivity index (χ0n) is 14.5. The summed E-state index contributed by atoms with van der Waals surface area (Å²) in [5.41, 5.74) is 0.500. The maximum Gasteiger partial charge on any atom is 0.346 e. The van der Waals surface area contributed by atoms with Gasteiger partial charge in [-0.25, -0.2) is 4.79 Å². The normalized spacial score (nSPS) is 11.2. The number of nitrogens with zero attached hydrogens (tertiary/aromatic N) is 1. The molecule has 0 aliphatic carbocycles. The van der Waals surface area contributed by atoms with Crippen LogP contribution in [0.5, 0.6) is 0 Å². The van der Waals surface area contributed by atoms with Crippen LogP contribution in [0.1, 0.15) is 63.9 Å². The summed E-state index contributed by atoms with van der Waals surface area (Å²) in [7, 11) is 0. The number of hydrogen-bond acceptors (Lipinski definition) is 3. The van der Waals surface area contributed by atoms with Crippen LogP contribution in [-0.2, 0) is 4.79 Å². The summed E-state index contributed by atoms with van der Waals surface area (Å²) in [6.07, 6.45) is 12.0. The lowest BCUT2D eigenvalue weighted by molar-refractivity contribution is -0.132. The molecule has 0 saturated heterocycles. The van der Waals surface area contributed by atoms with Gasteiger partial charge in [-0.3, -0.25) is 0 Å². The molecular weight excluding hydrogens is 318 g/mol. The van der Waals surface area contributed by atoms with Crippen molar-refractivity contribution in [3.05, 3.63) is 35.4 Å². The number of aliphatic carboxylic acids is 1. The van der Waals surface area contributed by atoms with Crippen LogP contribution in [0, 0.1) is 11.3 Å². The maximum absolute atomic E-state index is 10.8. The van der Waals surface area contributed by atoms with E-state index in [1.165, 1.54) is 62.3 Å². The van der Waals surface area contributed by atoms with Gasteiger partial charge in [0, 0.05) is 4.90 Å². The highest BCUT2D eigenvalue weighted by Gasteiger charge is 2.05. The Labute approximate surface area is 149 Å². The number of hydrogen-bond donors (Lipinski definition) is 1. The zero-order valence-corrected chi connectivity index (χ0v) is 15.3. The van der Waals surface area contributed by atoms with Gasteiger partial charge in [-0.2, -0.15) is 5.26 Å². The number of benzene rings is 1. The van der Waals surface area contributed by atoms with E-state index in [0.29, 0.717) is 0 Å². The van der Waals surface area contributed by atoms with Gasteiger partial charge in [0.05, 0.1) is 0 Å².